The standard InChI is InChI=1S/C23H28N4O5S/c1-14(2)23-25-21(26-32-23)12-16-6-9-18(10-7-16)24-22(28)17-8-11-19(31-5)20(13-17)33(29,30)27-15(3)4/h6-11,13-15,27H,12H2,1-5H3,(H,24,28). The molecule has 1 heterocycles. The maximum absolute atomic E-state index is 12.8. The number of ether oxygens (including phenoxy) is 1. The Kier molecular flexibility index (Phi) is 7.50. The molecule has 176 valence electrons. The van der Waals surface area contributed by atoms with Crippen molar-refractivity contribution >= 4 is 21.6 Å². The first kappa shape index (κ1) is 24.4. The van der Waals surface area contributed by atoms with E-state index in [2.05, 4.69) is 20.2 Å². The van der Waals surface area contributed by atoms with Crippen LogP contribution in [0.25, 0.3) is 0 Å². The lowest BCUT2D eigenvalue weighted by atomic mass is 10.1. The Hall–Kier alpha value is -3.24. The van der Waals surface area contributed by atoms with Crippen LogP contribution < -0.4 is 14.8 Å². The van der Waals surface area contributed by atoms with Crippen LogP contribution in [0.1, 0.15) is 61.2 Å². The second kappa shape index (κ2) is 10.1. The first-order valence-corrected chi connectivity index (χ1v) is 12.0. The topological polar surface area (TPSA) is 123 Å². The molecular weight excluding hydrogens is 444 g/mol. The van der Waals surface area contributed by atoms with Gasteiger partial charge in [-0.15, -0.1) is 0 Å². The summed E-state index contributed by atoms with van der Waals surface area (Å²) in [4.78, 5) is 17.0. The maximum atomic E-state index is 12.8. The summed E-state index contributed by atoms with van der Waals surface area (Å²) < 4.78 is 38.2. The van der Waals surface area contributed by atoms with Crippen LogP contribution in [-0.2, 0) is 16.4 Å². The van der Waals surface area contributed by atoms with Gasteiger partial charge in [-0.05, 0) is 49.7 Å². The van der Waals surface area contributed by atoms with Gasteiger partial charge in [0.15, 0.2) is 5.82 Å². The number of rotatable bonds is 9. The van der Waals surface area contributed by atoms with Crippen molar-refractivity contribution in [3.05, 3.63) is 65.3 Å². The van der Waals surface area contributed by atoms with Gasteiger partial charge in [0.25, 0.3) is 5.91 Å². The van der Waals surface area contributed by atoms with Crippen molar-refractivity contribution in [2.45, 2.75) is 51.0 Å². The maximum Gasteiger partial charge on any atom is 0.255 e. The van der Waals surface area contributed by atoms with Gasteiger partial charge in [-0.2, -0.15) is 4.98 Å². The van der Waals surface area contributed by atoms with E-state index in [1.54, 1.807) is 26.0 Å². The van der Waals surface area contributed by atoms with Crippen LogP contribution in [0.2, 0.25) is 0 Å². The molecule has 0 bridgehead atoms. The fourth-order valence-electron chi connectivity index (χ4n) is 3.07. The van der Waals surface area contributed by atoms with Gasteiger partial charge in [0.05, 0.1) is 7.11 Å². The average molecular weight is 473 g/mol. The van der Waals surface area contributed by atoms with Crippen LogP contribution in [0.4, 0.5) is 5.69 Å². The summed E-state index contributed by atoms with van der Waals surface area (Å²) in [6.45, 7) is 7.39. The van der Waals surface area contributed by atoms with Gasteiger partial charge in [0.2, 0.25) is 15.9 Å². The summed E-state index contributed by atoms with van der Waals surface area (Å²) in [6.07, 6.45) is 0.507. The molecule has 0 spiro atoms. The van der Waals surface area contributed by atoms with Gasteiger partial charge in [-0.25, -0.2) is 13.1 Å². The minimum atomic E-state index is -3.84. The predicted octanol–water partition coefficient (Wildman–Crippen LogP) is 3.73. The summed E-state index contributed by atoms with van der Waals surface area (Å²) in [7, 11) is -2.47. The molecule has 9 nitrogen and oxygen atoms in total. The molecule has 0 radical (unpaired) electrons. The van der Waals surface area contributed by atoms with Gasteiger partial charge < -0.3 is 14.6 Å². The first-order chi connectivity index (χ1) is 15.6. The molecular formula is C23H28N4O5S. The van der Waals surface area contributed by atoms with Gasteiger partial charge >= 0.3 is 0 Å². The lowest BCUT2D eigenvalue weighted by Crippen LogP contribution is -2.30. The monoisotopic (exact) mass is 472 g/mol. The molecule has 0 aliphatic rings. The molecule has 0 saturated carbocycles. The van der Waals surface area contributed by atoms with E-state index >= 15 is 0 Å². The number of hydrogen-bond donors (Lipinski definition) is 2. The zero-order valence-corrected chi connectivity index (χ0v) is 20.1. The third-order valence-electron chi connectivity index (χ3n) is 4.66. The fraction of sp³-hybridized carbons (Fsp3) is 0.348. The Morgan fingerprint density at radius 2 is 1.79 bits per heavy atom. The molecule has 1 amide bonds. The summed E-state index contributed by atoms with van der Waals surface area (Å²) in [5, 5.41) is 6.76. The second-order valence-corrected chi connectivity index (χ2v) is 9.86. The van der Waals surface area contributed by atoms with E-state index in [4.69, 9.17) is 9.26 Å². The van der Waals surface area contributed by atoms with Gasteiger partial charge in [0.1, 0.15) is 10.6 Å². The molecule has 0 atom stereocenters. The molecule has 3 rings (SSSR count). The van der Waals surface area contributed by atoms with Crippen molar-refractivity contribution in [1.82, 2.24) is 14.9 Å². The van der Waals surface area contributed by atoms with Gasteiger partial charge in [-0.3, -0.25) is 4.79 Å². The first-order valence-electron chi connectivity index (χ1n) is 10.5. The van der Waals surface area contributed by atoms with E-state index in [9.17, 15) is 13.2 Å². The SMILES string of the molecule is COc1ccc(C(=O)Nc2ccc(Cc3noc(C(C)C)n3)cc2)cc1S(=O)(=O)NC(C)C. The van der Waals surface area contributed by atoms with E-state index in [0.717, 1.165) is 5.56 Å². The van der Waals surface area contributed by atoms with Crippen LogP contribution >= 0.6 is 0 Å². The predicted molar refractivity (Wildman–Crippen MR) is 124 cm³/mol. The van der Waals surface area contributed by atoms with Gasteiger partial charge in [0, 0.05) is 29.6 Å². The third kappa shape index (κ3) is 6.17. The van der Waals surface area contributed by atoms with E-state index < -0.39 is 15.9 Å². The van der Waals surface area contributed by atoms with Crippen LogP contribution in [0.5, 0.6) is 5.75 Å². The number of benzene rings is 2. The van der Waals surface area contributed by atoms with Crippen molar-refractivity contribution in [3.8, 4) is 5.75 Å². The number of methoxy groups -OCH3 is 1. The van der Waals surface area contributed by atoms with Crippen molar-refractivity contribution in [3.63, 3.8) is 0 Å². The molecule has 0 saturated heterocycles. The highest BCUT2D eigenvalue weighted by Gasteiger charge is 2.22. The summed E-state index contributed by atoms with van der Waals surface area (Å²) >= 11 is 0. The van der Waals surface area contributed by atoms with E-state index in [1.165, 1.54) is 25.3 Å². The molecule has 3 aromatic rings. The smallest absolute Gasteiger partial charge is 0.255 e. The number of aromatic nitrogens is 2. The summed E-state index contributed by atoms with van der Waals surface area (Å²) in [5.74, 6) is 1.08. The Morgan fingerprint density at radius 1 is 1.09 bits per heavy atom. The lowest BCUT2D eigenvalue weighted by molar-refractivity contribution is 0.102. The van der Waals surface area contributed by atoms with Crippen molar-refractivity contribution < 1.29 is 22.5 Å². The Bertz CT molecular complexity index is 1220. The largest absolute Gasteiger partial charge is 0.495 e. The summed E-state index contributed by atoms with van der Waals surface area (Å²) in [5.41, 5.74) is 1.72. The van der Waals surface area contributed by atoms with Crippen LogP contribution in [-0.4, -0.2) is 37.6 Å². The lowest BCUT2D eigenvalue weighted by Gasteiger charge is -2.14. The number of sulfonamides is 1. The highest BCUT2D eigenvalue weighted by atomic mass is 32.2. The minimum absolute atomic E-state index is 0.0948. The van der Waals surface area contributed by atoms with Crippen molar-refractivity contribution in [2.75, 3.05) is 12.4 Å². The normalized spacial score (nSPS) is 11.7. The second-order valence-electron chi connectivity index (χ2n) is 8.17. The average Bonchev–Trinajstić information content (AvgIpc) is 3.22. The molecule has 0 unspecified atom stereocenters. The van der Waals surface area contributed by atoms with E-state index in [0.29, 0.717) is 23.8 Å². The molecule has 1 aromatic heterocycles. The number of nitrogens with one attached hydrogen (secondary N) is 2. The van der Waals surface area contributed by atoms with E-state index in [1.807, 2.05) is 26.0 Å². The van der Waals surface area contributed by atoms with Gasteiger partial charge in [-0.1, -0.05) is 31.1 Å². The van der Waals surface area contributed by atoms with Crippen LogP contribution in [0.3, 0.4) is 0 Å². The number of nitrogens with zero attached hydrogens (tertiary/aromatic N) is 2. The Balaban J connectivity index is 1.73. The number of carbonyl (C=O) groups is 1. The highest BCUT2D eigenvalue weighted by Crippen LogP contribution is 2.26. The Labute approximate surface area is 193 Å². The molecule has 0 fully saturated rings. The Morgan fingerprint density at radius 3 is 2.36 bits per heavy atom. The highest BCUT2D eigenvalue weighted by molar-refractivity contribution is 7.89. The van der Waals surface area contributed by atoms with Crippen molar-refractivity contribution in [1.29, 1.82) is 0 Å². The summed E-state index contributed by atoms with van der Waals surface area (Å²) in [6, 6.07) is 11.2. The molecule has 2 aromatic carbocycles. The number of amides is 1. The van der Waals surface area contributed by atoms with E-state index in [-0.39, 0.29) is 28.2 Å². The fourth-order valence-corrected chi connectivity index (χ4v) is 4.51. The number of anilines is 1. The number of carbonyl (C=O) groups excluding carboxylic acids is 1. The third-order valence-corrected chi connectivity index (χ3v) is 6.34. The molecule has 10 heteroatoms. The molecule has 0 aliphatic heterocycles. The quantitative estimate of drug-likeness (QED) is 0.486. The molecule has 0 aliphatic carbocycles. The number of hydrogen-bond acceptors (Lipinski definition) is 7. The zero-order chi connectivity index (χ0) is 24.2. The minimum Gasteiger partial charge on any atom is -0.495 e. The zero-order valence-electron chi connectivity index (χ0n) is 19.2. The molecule has 33 heavy (non-hydrogen) atoms. The van der Waals surface area contributed by atoms with Crippen molar-refractivity contribution in [2.24, 2.45) is 0 Å². The molecule has 2 N–H and O–H groups in total. The van der Waals surface area contributed by atoms with Crippen LogP contribution in [0.15, 0.2) is 51.9 Å². The van der Waals surface area contributed by atoms with Crippen LogP contribution in [0, 0.1) is 0 Å².